The van der Waals surface area contributed by atoms with Crippen molar-refractivity contribution in [3.8, 4) is 0 Å². The maximum Gasteiger partial charge on any atom is 0.214 e. The van der Waals surface area contributed by atoms with Crippen LogP contribution in [0.1, 0.15) is 32.3 Å². The molecule has 0 heterocycles. The van der Waals surface area contributed by atoms with Gasteiger partial charge >= 0.3 is 0 Å². The van der Waals surface area contributed by atoms with E-state index in [4.69, 9.17) is 0 Å². The number of nitrogens with one attached hydrogen (secondary N) is 1. The molecule has 0 saturated heterocycles. The van der Waals surface area contributed by atoms with Gasteiger partial charge in [0.1, 0.15) is 5.60 Å². The largest absolute Gasteiger partial charge is 0.383 e. The van der Waals surface area contributed by atoms with Gasteiger partial charge in [0.25, 0.3) is 0 Å². The number of hydrogen-bond donors (Lipinski definition) is 2. The van der Waals surface area contributed by atoms with Gasteiger partial charge < -0.3 is 5.11 Å². The predicted octanol–water partition coefficient (Wildman–Crippen LogP) is 1.61. The average molecular weight is 283 g/mol. The van der Waals surface area contributed by atoms with E-state index < -0.39 is 20.9 Å². The summed E-state index contributed by atoms with van der Waals surface area (Å²) in [5.74, 6) is 0.143. The molecule has 1 aromatic carbocycles. The van der Waals surface area contributed by atoms with E-state index in [0.29, 0.717) is 0 Å². The van der Waals surface area contributed by atoms with E-state index in [9.17, 15) is 13.5 Å². The molecule has 106 valence electrons. The lowest BCUT2D eigenvalue weighted by Gasteiger charge is -2.29. The van der Waals surface area contributed by atoms with Gasteiger partial charge in [0.05, 0.1) is 5.25 Å². The molecule has 0 aromatic heterocycles. The van der Waals surface area contributed by atoms with Crippen LogP contribution in [0.15, 0.2) is 30.3 Å². The van der Waals surface area contributed by atoms with Crippen molar-refractivity contribution in [2.75, 3.05) is 6.54 Å². The minimum Gasteiger partial charge on any atom is -0.383 e. The van der Waals surface area contributed by atoms with Crippen molar-refractivity contribution < 1.29 is 13.5 Å². The zero-order valence-electron chi connectivity index (χ0n) is 11.3. The molecule has 1 saturated carbocycles. The van der Waals surface area contributed by atoms with E-state index in [1.54, 1.807) is 13.8 Å². The first-order valence-corrected chi connectivity index (χ1v) is 8.17. The minimum atomic E-state index is -3.36. The van der Waals surface area contributed by atoms with E-state index >= 15 is 0 Å². The Morgan fingerprint density at radius 1 is 1.32 bits per heavy atom. The van der Waals surface area contributed by atoms with Crippen molar-refractivity contribution in [1.82, 2.24) is 4.72 Å². The Morgan fingerprint density at radius 2 is 1.89 bits per heavy atom. The Morgan fingerprint density at radius 3 is 2.37 bits per heavy atom. The zero-order chi connectivity index (χ0) is 14.1. The summed E-state index contributed by atoms with van der Waals surface area (Å²) in [5.41, 5.74) is -0.313. The molecule has 1 fully saturated rings. The molecular formula is C14H21NO3S. The maximum absolute atomic E-state index is 11.8. The van der Waals surface area contributed by atoms with Crippen molar-refractivity contribution in [1.29, 1.82) is 0 Å². The van der Waals surface area contributed by atoms with E-state index in [0.717, 1.165) is 18.4 Å². The van der Waals surface area contributed by atoms with Gasteiger partial charge in [-0.3, -0.25) is 0 Å². The van der Waals surface area contributed by atoms with Gasteiger partial charge in [-0.2, -0.15) is 0 Å². The first-order valence-electron chi connectivity index (χ1n) is 6.62. The van der Waals surface area contributed by atoms with Crippen molar-refractivity contribution in [2.24, 2.45) is 5.92 Å². The smallest absolute Gasteiger partial charge is 0.214 e. The van der Waals surface area contributed by atoms with Crippen LogP contribution >= 0.6 is 0 Å². The quantitative estimate of drug-likeness (QED) is 0.833. The molecule has 1 aliphatic carbocycles. The van der Waals surface area contributed by atoms with Crippen LogP contribution in [0.4, 0.5) is 0 Å². The van der Waals surface area contributed by atoms with Gasteiger partial charge in [-0.15, -0.1) is 0 Å². The second-order valence-electron chi connectivity index (χ2n) is 5.48. The highest BCUT2D eigenvalue weighted by atomic mass is 32.2. The minimum absolute atomic E-state index is 0.0438. The van der Waals surface area contributed by atoms with Gasteiger partial charge in [-0.1, -0.05) is 30.3 Å². The molecular weight excluding hydrogens is 262 g/mol. The third-order valence-corrected chi connectivity index (χ3v) is 5.48. The summed E-state index contributed by atoms with van der Waals surface area (Å²) in [7, 11) is -3.36. The molecule has 0 bridgehead atoms. The first kappa shape index (κ1) is 14.5. The van der Waals surface area contributed by atoms with E-state index in [2.05, 4.69) is 4.72 Å². The summed E-state index contributed by atoms with van der Waals surface area (Å²) in [5, 5.41) is 10.3. The molecule has 5 heteroatoms. The Bertz CT molecular complexity index is 523. The standard InChI is InChI=1S/C14H21NO3S/c1-11(2)19(17,18)15-10-14(16,13-8-9-13)12-6-4-3-5-7-12/h3-7,11,13,15-16H,8-10H2,1-2H3. The molecule has 4 nitrogen and oxygen atoms in total. The molecule has 0 amide bonds. The molecule has 2 N–H and O–H groups in total. The number of benzene rings is 1. The van der Waals surface area contributed by atoms with Gasteiger partial charge in [0, 0.05) is 6.54 Å². The fraction of sp³-hybridized carbons (Fsp3) is 0.571. The molecule has 0 radical (unpaired) electrons. The summed E-state index contributed by atoms with van der Waals surface area (Å²) < 4.78 is 26.2. The molecule has 1 aromatic rings. The first-order chi connectivity index (χ1) is 8.86. The highest BCUT2D eigenvalue weighted by molar-refractivity contribution is 7.90. The Balaban J connectivity index is 2.18. The number of hydrogen-bond acceptors (Lipinski definition) is 3. The number of aliphatic hydroxyl groups is 1. The van der Waals surface area contributed by atoms with Crippen LogP contribution in [0.3, 0.4) is 0 Å². The fourth-order valence-corrected chi connectivity index (χ4v) is 2.90. The van der Waals surface area contributed by atoms with Crippen LogP contribution in [0.2, 0.25) is 0 Å². The van der Waals surface area contributed by atoms with Crippen molar-refractivity contribution in [3.63, 3.8) is 0 Å². The summed E-state index contributed by atoms with van der Waals surface area (Å²) in [4.78, 5) is 0. The summed E-state index contributed by atoms with van der Waals surface area (Å²) >= 11 is 0. The second-order valence-corrected chi connectivity index (χ2v) is 7.80. The normalized spacial score (nSPS) is 19.4. The molecule has 19 heavy (non-hydrogen) atoms. The zero-order valence-corrected chi connectivity index (χ0v) is 12.2. The monoisotopic (exact) mass is 283 g/mol. The van der Waals surface area contributed by atoms with E-state index in [1.807, 2.05) is 30.3 Å². The van der Waals surface area contributed by atoms with Crippen LogP contribution in [-0.4, -0.2) is 25.3 Å². The lowest BCUT2D eigenvalue weighted by molar-refractivity contribution is 0.0185. The van der Waals surface area contributed by atoms with Gasteiger partial charge in [-0.05, 0) is 38.2 Å². The predicted molar refractivity (Wildman–Crippen MR) is 75.1 cm³/mol. The third-order valence-electron chi connectivity index (χ3n) is 3.69. The molecule has 0 aliphatic heterocycles. The Hall–Kier alpha value is -0.910. The second kappa shape index (κ2) is 5.23. The van der Waals surface area contributed by atoms with E-state index in [1.165, 1.54) is 0 Å². The molecule has 1 atom stereocenters. The third kappa shape index (κ3) is 3.16. The van der Waals surface area contributed by atoms with Crippen molar-refractivity contribution >= 4 is 10.0 Å². The lowest BCUT2D eigenvalue weighted by atomic mass is 9.89. The fourth-order valence-electron chi connectivity index (χ4n) is 2.15. The van der Waals surface area contributed by atoms with Gasteiger partial charge in [0.15, 0.2) is 0 Å². The Kier molecular flexibility index (Phi) is 3.99. The molecule has 0 spiro atoms. The molecule has 1 aliphatic rings. The SMILES string of the molecule is CC(C)S(=O)(=O)NCC(O)(c1ccccc1)C1CC1. The van der Waals surface area contributed by atoms with Crippen molar-refractivity contribution in [2.45, 2.75) is 37.5 Å². The summed E-state index contributed by atoms with van der Waals surface area (Å²) in [6.07, 6.45) is 1.88. The van der Waals surface area contributed by atoms with Crippen LogP contribution in [-0.2, 0) is 15.6 Å². The maximum atomic E-state index is 11.8. The van der Waals surface area contributed by atoms with Crippen LogP contribution < -0.4 is 4.72 Å². The lowest BCUT2D eigenvalue weighted by Crippen LogP contribution is -2.44. The average Bonchev–Trinajstić information content (AvgIpc) is 3.21. The topological polar surface area (TPSA) is 66.4 Å². The summed E-state index contributed by atoms with van der Waals surface area (Å²) in [6.45, 7) is 3.30. The highest BCUT2D eigenvalue weighted by Crippen LogP contribution is 2.45. The van der Waals surface area contributed by atoms with E-state index in [-0.39, 0.29) is 12.5 Å². The van der Waals surface area contributed by atoms with Gasteiger partial charge in [0.2, 0.25) is 10.0 Å². The van der Waals surface area contributed by atoms with Crippen LogP contribution in [0.25, 0.3) is 0 Å². The van der Waals surface area contributed by atoms with Crippen LogP contribution in [0.5, 0.6) is 0 Å². The van der Waals surface area contributed by atoms with Gasteiger partial charge in [-0.25, -0.2) is 13.1 Å². The Labute approximate surface area is 114 Å². The van der Waals surface area contributed by atoms with Crippen LogP contribution in [0, 0.1) is 5.92 Å². The highest BCUT2D eigenvalue weighted by Gasteiger charge is 2.45. The number of rotatable bonds is 6. The summed E-state index contributed by atoms with van der Waals surface area (Å²) in [6, 6.07) is 9.30. The molecule has 1 unspecified atom stereocenters. The number of sulfonamides is 1. The molecule has 2 rings (SSSR count). The van der Waals surface area contributed by atoms with Crippen molar-refractivity contribution in [3.05, 3.63) is 35.9 Å².